The van der Waals surface area contributed by atoms with Gasteiger partial charge < -0.3 is 10.2 Å². The monoisotopic (exact) mass is 360 g/mol. The van der Waals surface area contributed by atoms with E-state index in [9.17, 15) is 10.2 Å². The molecule has 0 aliphatic heterocycles. The lowest BCUT2D eigenvalue weighted by Gasteiger charge is -2.65. The van der Waals surface area contributed by atoms with Crippen molar-refractivity contribution in [1.29, 1.82) is 0 Å². The van der Waals surface area contributed by atoms with Crippen LogP contribution in [0.4, 0.5) is 0 Å². The number of fused-ring (bicyclic) bond motifs is 5. The molecule has 9 atom stereocenters. The van der Waals surface area contributed by atoms with Crippen molar-refractivity contribution < 1.29 is 10.2 Å². The van der Waals surface area contributed by atoms with Crippen LogP contribution < -0.4 is 0 Å². The zero-order chi connectivity index (χ0) is 16.6. The molecular weight excluding hydrogens is 331 g/mol. The topological polar surface area (TPSA) is 40.5 Å². The first kappa shape index (κ1) is 16.9. The van der Waals surface area contributed by atoms with Crippen LogP contribution in [-0.4, -0.2) is 32.7 Å². The second kappa shape index (κ2) is 5.25. The minimum absolute atomic E-state index is 0.0119. The van der Waals surface area contributed by atoms with Gasteiger partial charge in [-0.15, -0.1) is 23.2 Å². The highest BCUT2D eigenvalue weighted by Gasteiger charge is 2.67. The van der Waals surface area contributed by atoms with E-state index >= 15 is 0 Å². The van der Waals surface area contributed by atoms with Crippen molar-refractivity contribution in [3.05, 3.63) is 0 Å². The quantitative estimate of drug-likeness (QED) is 0.631. The van der Waals surface area contributed by atoms with E-state index in [4.69, 9.17) is 23.2 Å². The molecule has 0 bridgehead atoms. The smallest absolute Gasteiger partial charge is 0.0690 e. The molecule has 0 heterocycles. The standard InChI is InChI=1S/C19H30Cl2O2/c1-17-7-6-14-12(13(17)3-4-16(17)23)9-15(20)19(21)10-11(22)5-8-18(14,19)2/h11-16,22-23H,3-10H2,1-2H3/t11-,12?,13?,14?,15+,16-,17-,18+,19-/m1/s1. The molecule has 4 rings (SSSR count). The molecule has 4 fully saturated rings. The molecule has 2 N–H and O–H groups in total. The third kappa shape index (κ3) is 2.08. The Morgan fingerprint density at radius 1 is 0.957 bits per heavy atom. The largest absolute Gasteiger partial charge is 0.393 e. The fourth-order valence-electron chi connectivity index (χ4n) is 7.14. The van der Waals surface area contributed by atoms with Gasteiger partial charge in [0.2, 0.25) is 0 Å². The first-order valence-electron chi connectivity index (χ1n) is 9.41. The molecule has 132 valence electrons. The molecular formula is C19H30Cl2O2. The summed E-state index contributed by atoms with van der Waals surface area (Å²) in [5.74, 6) is 1.76. The van der Waals surface area contributed by atoms with Crippen LogP contribution in [0, 0.1) is 28.6 Å². The lowest BCUT2D eigenvalue weighted by Crippen LogP contribution is -2.65. The third-order valence-corrected chi connectivity index (χ3v) is 10.2. The number of aliphatic hydroxyl groups is 2. The number of alkyl halides is 2. The zero-order valence-corrected chi connectivity index (χ0v) is 15.8. The van der Waals surface area contributed by atoms with Crippen molar-refractivity contribution >= 4 is 23.2 Å². The number of hydrogen-bond acceptors (Lipinski definition) is 2. The summed E-state index contributed by atoms with van der Waals surface area (Å²) in [4.78, 5) is -0.474. The lowest BCUT2D eigenvalue weighted by molar-refractivity contribution is -0.122. The van der Waals surface area contributed by atoms with Gasteiger partial charge in [-0.05, 0) is 80.0 Å². The maximum atomic E-state index is 10.5. The maximum absolute atomic E-state index is 10.5. The van der Waals surface area contributed by atoms with Gasteiger partial charge in [-0.2, -0.15) is 0 Å². The van der Waals surface area contributed by atoms with Crippen molar-refractivity contribution in [3.8, 4) is 0 Å². The Labute approximate surface area is 149 Å². The summed E-state index contributed by atoms with van der Waals surface area (Å²) in [6, 6.07) is 0. The van der Waals surface area contributed by atoms with Gasteiger partial charge in [0.1, 0.15) is 0 Å². The first-order valence-corrected chi connectivity index (χ1v) is 10.2. The Morgan fingerprint density at radius 2 is 1.70 bits per heavy atom. The van der Waals surface area contributed by atoms with Crippen molar-refractivity contribution in [3.63, 3.8) is 0 Å². The lowest BCUT2D eigenvalue weighted by atomic mass is 9.44. The van der Waals surface area contributed by atoms with Gasteiger partial charge >= 0.3 is 0 Å². The van der Waals surface area contributed by atoms with Gasteiger partial charge in [-0.1, -0.05) is 13.8 Å². The molecule has 4 saturated carbocycles. The summed E-state index contributed by atoms with van der Waals surface area (Å²) >= 11 is 14.0. The van der Waals surface area contributed by atoms with Crippen molar-refractivity contribution in [2.24, 2.45) is 28.6 Å². The van der Waals surface area contributed by atoms with Crippen LogP contribution in [0.1, 0.15) is 65.2 Å². The Hall–Kier alpha value is 0.500. The van der Waals surface area contributed by atoms with Gasteiger partial charge in [0.25, 0.3) is 0 Å². The SMILES string of the molecule is C[C@@]12CC[C@@H](O)C[C@@]1(Cl)[C@@H](Cl)CC1C2CC[C@]2(C)C1CC[C@H]2O. The van der Waals surface area contributed by atoms with Crippen LogP contribution in [0.5, 0.6) is 0 Å². The predicted octanol–water partition coefficient (Wildman–Crippen LogP) is 4.33. The number of aliphatic hydroxyl groups excluding tert-OH is 2. The van der Waals surface area contributed by atoms with Crippen LogP contribution in [0.3, 0.4) is 0 Å². The Kier molecular flexibility index (Phi) is 3.87. The Morgan fingerprint density at radius 3 is 2.43 bits per heavy atom. The molecule has 0 aromatic carbocycles. The molecule has 0 saturated heterocycles. The highest BCUT2D eigenvalue weighted by molar-refractivity contribution is 6.33. The van der Waals surface area contributed by atoms with Gasteiger partial charge in [-0.25, -0.2) is 0 Å². The van der Waals surface area contributed by atoms with E-state index in [1.807, 2.05) is 0 Å². The van der Waals surface area contributed by atoms with Crippen LogP contribution in [0.25, 0.3) is 0 Å². The number of rotatable bonds is 0. The van der Waals surface area contributed by atoms with Crippen molar-refractivity contribution in [1.82, 2.24) is 0 Å². The van der Waals surface area contributed by atoms with Gasteiger partial charge in [0.15, 0.2) is 0 Å². The molecule has 0 aromatic rings. The molecule has 0 radical (unpaired) electrons. The average Bonchev–Trinajstić information content (AvgIpc) is 2.79. The average molecular weight is 361 g/mol. The zero-order valence-electron chi connectivity index (χ0n) is 14.3. The minimum Gasteiger partial charge on any atom is -0.393 e. The molecule has 4 heteroatoms. The Balaban J connectivity index is 1.71. The molecule has 4 aliphatic carbocycles. The fourth-order valence-corrected chi connectivity index (χ4v) is 8.18. The summed E-state index contributed by atoms with van der Waals surface area (Å²) in [5, 5.41) is 20.6. The van der Waals surface area contributed by atoms with Gasteiger partial charge in [0, 0.05) is 0 Å². The van der Waals surface area contributed by atoms with E-state index in [1.54, 1.807) is 0 Å². The fraction of sp³-hybridized carbons (Fsp3) is 1.00. The summed E-state index contributed by atoms with van der Waals surface area (Å²) in [5.41, 5.74) is 0.0899. The molecule has 23 heavy (non-hydrogen) atoms. The Bertz CT molecular complexity index is 500. The van der Waals surface area contributed by atoms with E-state index in [1.165, 1.54) is 0 Å². The highest BCUT2D eigenvalue weighted by atomic mass is 35.5. The molecule has 2 nitrogen and oxygen atoms in total. The van der Waals surface area contributed by atoms with Crippen LogP contribution in [-0.2, 0) is 0 Å². The summed E-state index contributed by atoms with van der Waals surface area (Å²) in [7, 11) is 0. The highest BCUT2D eigenvalue weighted by Crippen LogP contribution is 2.69. The van der Waals surface area contributed by atoms with E-state index < -0.39 is 4.87 Å². The second-order valence-electron chi connectivity index (χ2n) is 9.39. The van der Waals surface area contributed by atoms with E-state index in [0.717, 1.165) is 44.9 Å². The third-order valence-electron chi connectivity index (χ3n) is 8.66. The van der Waals surface area contributed by atoms with Crippen LogP contribution in [0.15, 0.2) is 0 Å². The van der Waals surface area contributed by atoms with E-state index in [-0.39, 0.29) is 28.4 Å². The molecule has 3 unspecified atom stereocenters. The number of halogens is 2. The van der Waals surface area contributed by atoms with E-state index in [0.29, 0.717) is 24.2 Å². The first-order chi connectivity index (χ1) is 10.7. The molecule has 0 spiro atoms. The van der Waals surface area contributed by atoms with Crippen molar-refractivity contribution in [2.45, 2.75) is 87.7 Å². The van der Waals surface area contributed by atoms with E-state index in [2.05, 4.69) is 13.8 Å². The maximum Gasteiger partial charge on any atom is 0.0690 e. The summed E-state index contributed by atoms with van der Waals surface area (Å²) < 4.78 is 0. The van der Waals surface area contributed by atoms with Gasteiger partial charge in [-0.3, -0.25) is 0 Å². The number of hydrogen-bond donors (Lipinski definition) is 2. The molecule has 0 aromatic heterocycles. The molecule has 0 amide bonds. The predicted molar refractivity (Wildman–Crippen MR) is 93.9 cm³/mol. The second-order valence-corrected chi connectivity index (χ2v) is 10.6. The normalized spacial score (nSPS) is 62.3. The van der Waals surface area contributed by atoms with Gasteiger partial charge in [0.05, 0.1) is 22.5 Å². The van der Waals surface area contributed by atoms with Crippen LogP contribution in [0.2, 0.25) is 0 Å². The van der Waals surface area contributed by atoms with Crippen LogP contribution >= 0.6 is 23.2 Å². The van der Waals surface area contributed by atoms with Crippen molar-refractivity contribution in [2.75, 3.05) is 0 Å². The summed E-state index contributed by atoms with van der Waals surface area (Å²) in [6.45, 7) is 4.64. The molecule has 4 aliphatic rings. The summed E-state index contributed by atoms with van der Waals surface area (Å²) in [6.07, 6.45) is 7.30. The minimum atomic E-state index is -0.474.